The van der Waals surface area contributed by atoms with Crippen LogP contribution in [-0.4, -0.2) is 24.1 Å². The molecular weight excluding hydrogens is 332 g/mol. The first kappa shape index (κ1) is 17.2. The zero-order valence-corrected chi connectivity index (χ0v) is 15.1. The molecule has 0 aliphatic heterocycles. The zero-order chi connectivity index (χ0) is 17.6. The molecule has 0 atom stereocenters. The van der Waals surface area contributed by atoms with Crippen molar-refractivity contribution in [3.05, 3.63) is 65.5 Å². The van der Waals surface area contributed by atoms with Crippen LogP contribution in [0.3, 0.4) is 0 Å². The van der Waals surface area contributed by atoms with Gasteiger partial charge < -0.3 is 9.64 Å². The van der Waals surface area contributed by atoms with Gasteiger partial charge in [-0.15, -0.1) is 11.3 Å². The minimum atomic E-state index is -0.294. The van der Waals surface area contributed by atoms with E-state index in [2.05, 4.69) is 29.3 Å². The molecule has 0 saturated heterocycles. The molecule has 0 bridgehead atoms. The van der Waals surface area contributed by atoms with Crippen LogP contribution in [0.25, 0.3) is 10.6 Å². The first-order valence-corrected chi connectivity index (χ1v) is 9.16. The van der Waals surface area contributed by atoms with Crippen LogP contribution in [0.15, 0.2) is 60.0 Å². The lowest BCUT2D eigenvalue weighted by Crippen LogP contribution is -2.16. The van der Waals surface area contributed by atoms with E-state index in [9.17, 15) is 4.79 Å². The van der Waals surface area contributed by atoms with E-state index in [1.54, 1.807) is 30.4 Å². The minimum Gasteiger partial charge on any atom is -0.462 e. The summed E-state index contributed by atoms with van der Waals surface area (Å²) in [5.41, 5.74) is 2.68. The van der Waals surface area contributed by atoms with Crippen molar-refractivity contribution < 1.29 is 9.53 Å². The molecule has 0 spiro atoms. The highest BCUT2D eigenvalue weighted by Crippen LogP contribution is 2.31. The second-order valence-electron chi connectivity index (χ2n) is 5.39. The van der Waals surface area contributed by atoms with Crippen molar-refractivity contribution in [3.8, 4) is 10.6 Å². The van der Waals surface area contributed by atoms with Gasteiger partial charge in [0.1, 0.15) is 10.8 Å². The van der Waals surface area contributed by atoms with Gasteiger partial charge in [0.15, 0.2) is 0 Å². The lowest BCUT2D eigenvalue weighted by Gasteiger charge is -2.20. The summed E-state index contributed by atoms with van der Waals surface area (Å²) >= 11 is 1.63. The SMILES string of the molecule is CCOC(=O)c1ccc(N(CC)c2csc(-c3ccccc3)n2)cc1. The van der Waals surface area contributed by atoms with Gasteiger partial charge in [0.05, 0.1) is 12.2 Å². The molecule has 0 fully saturated rings. The summed E-state index contributed by atoms with van der Waals surface area (Å²) in [6.45, 7) is 5.05. The quantitative estimate of drug-likeness (QED) is 0.576. The average molecular weight is 352 g/mol. The Bertz CT molecular complexity index is 828. The van der Waals surface area contributed by atoms with E-state index < -0.39 is 0 Å². The molecule has 0 aliphatic rings. The number of carbonyl (C=O) groups excluding carboxylic acids is 1. The number of benzene rings is 2. The van der Waals surface area contributed by atoms with Crippen LogP contribution >= 0.6 is 11.3 Å². The number of thiazole rings is 1. The van der Waals surface area contributed by atoms with Crippen molar-refractivity contribution in [2.75, 3.05) is 18.1 Å². The lowest BCUT2D eigenvalue weighted by atomic mass is 10.2. The third kappa shape index (κ3) is 3.88. The van der Waals surface area contributed by atoms with E-state index in [-0.39, 0.29) is 5.97 Å². The predicted octanol–water partition coefficient (Wildman–Crippen LogP) is 5.14. The van der Waals surface area contributed by atoms with Gasteiger partial charge in [-0.2, -0.15) is 0 Å². The Hall–Kier alpha value is -2.66. The van der Waals surface area contributed by atoms with Crippen molar-refractivity contribution in [3.63, 3.8) is 0 Å². The molecule has 0 N–H and O–H groups in total. The topological polar surface area (TPSA) is 42.4 Å². The van der Waals surface area contributed by atoms with Crippen molar-refractivity contribution in [2.45, 2.75) is 13.8 Å². The fourth-order valence-corrected chi connectivity index (χ4v) is 3.39. The van der Waals surface area contributed by atoms with Gasteiger partial charge in [-0.25, -0.2) is 9.78 Å². The monoisotopic (exact) mass is 352 g/mol. The molecule has 0 saturated carbocycles. The molecule has 0 aliphatic carbocycles. The Balaban J connectivity index is 1.83. The van der Waals surface area contributed by atoms with E-state index in [0.717, 1.165) is 28.6 Å². The highest BCUT2D eigenvalue weighted by Gasteiger charge is 2.13. The summed E-state index contributed by atoms with van der Waals surface area (Å²) in [4.78, 5) is 18.7. The molecule has 1 heterocycles. The van der Waals surface area contributed by atoms with Gasteiger partial charge in [0.25, 0.3) is 0 Å². The zero-order valence-electron chi connectivity index (χ0n) is 14.3. The maximum Gasteiger partial charge on any atom is 0.338 e. The Morgan fingerprint density at radius 1 is 1.08 bits per heavy atom. The Morgan fingerprint density at radius 3 is 2.44 bits per heavy atom. The second-order valence-corrected chi connectivity index (χ2v) is 6.25. The van der Waals surface area contributed by atoms with Crippen LogP contribution < -0.4 is 4.90 Å². The van der Waals surface area contributed by atoms with Gasteiger partial charge in [0.2, 0.25) is 0 Å². The third-order valence-electron chi connectivity index (χ3n) is 3.80. The minimum absolute atomic E-state index is 0.294. The normalized spacial score (nSPS) is 10.5. The number of aromatic nitrogens is 1. The molecule has 0 unspecified atom stereocenters. The second kappa shape index (κ2) is 7.94. The van der Waals surface area contributed by atoms with E-state index >= 15 is 0 Å². The van der Waals surface area contributed by atoms with Gasteiger partial charge in [-0.1, -0.05) is 30.3 Å². The van der Waals surface area contributed by atoms with Gasteiger partial charge in [0, 0.05) is 23.2 Å². The fourth-order valence-electron chi connectivity index (χ4n) is 2.57. The van der Waals surface area contributed by atoms with Gasteiger partial charge >= 0.3 is 5.97 Å². The predicted molar refractivity (Wildman–Crippen MR) is 103 cm³/mol. The van der Waals surface area contributed by atoms with Crippen molar-refractivity contribution >= 4 is 28.8 Å². The molecule has 1 aromatic heterocycles. The number of anilines is 2. The van der Waals surface area contributed by atoms with Gasteiger partial charge in [-0.05, 0) is 38.1 Å². The maximum atomic E-state index is 11.8. The molecule has 3 aromatic rings. The first-order valence-electron chi connectivity index (χ1n) is 8.28. The molecule has 2 aromatic carbocycles. The number of nitrogens with zero attached hydrogens (tertiary/aromatic N) is 2. The van der Waals surface area contributed by atoms with E-state index in [0.29, 0.717) is 12.2 Å². The largest absolute Gasteiger partial charge is 0.462 e. The average Bonchev–Trinajstić information content (AvgIpc) is 3.14. The number of esters is 1. The molecule has 0 radical (unpaired) electrons. The lowest BCUT2D eigenvalue weighted by molar-refractivity contribution is 0.0526. The van der Waals surface area contributed by atoms with Crippen LogP contribution in [0, 0.1) is 0 Å². The summed E-state index contributed by atoms with van der Waals surface area (Å²) in [5, 5.41) is 3.06. The Kier molecular flexibility index (Phi) is 5.46. The number of hydrogen-bond donors (Lipinski definition) is 0. The molecule has 0 amide bonds. The van der Waals surface area contributed by atoms with Crippen LogP contribution in [0.1, 0.15) is 24.2 Å². The number of hydrogen-bond acceptors (Lipinski definition) is 5. The van der Waals surface area contributed by atoms with Crippen LogP contribution in [0.4, 0.5) is 11.5 Å². The molecule has 4 nitrogen and oxygen atoms in total. The van der Waals surface area contributed by atoms with Crippen LogP contribution in [-0.2, 0) is 4.74 Å². The standard InChI is InChI=1S/C20H20N2O2S/c1-3-22(17-12-10-16(11-13-17)20(23)24-4-2)18-14-25-19(21-18)15-8-6-5-7-9-15/h5-14H,3-4H2,1-2H3. The number of ether oxygens (including phenoxy) is 1. The summed E-state index contributed by atoms with van der Waals surface area (Å²) in [6.07, 6.45) is 0. The summed E-state index contributed by atoms with van der Waals surface area (Å²) < 4.78 is 5.03. The Morgan fingerprint density at radius 2 is 1.80 bits per heavy atom. The van der Waals surface area contributed by atoms with Gasteiger partial charge in [-0.3, -0.25) is 0 Å². The van der Waals surface area contributed by atoms with E-state index in [4.69, 9.17) is 9.72 Å². The van der Waals surface area contributed by atoms with Crippen LogP contribution in [0.5, 0.6) is 0 Å². The highest BCUT2D eigenvalue weighted by atomic mass is 32.1. The molecule has 5 heteroatoms. The fraction of sp³-hybridized carbons (Fsp3) is 0.200. The van der Waals surface area contributed by atoms with E-state index in [1.165, 1.54) is 0 Å². The maximum absolute atomic E-state index is 11.8. The summed E-state index contributed by atoms with van der Waals surface area (Å²) in [6, 6.07) is 17.6. The molecule has 3 rings (SSSR count). The summed E-state index contributed by atoms with van der Waals surface area (Å²) in [7, 11) is 0. The molecular formula is C20H20N2O2S. The smallest absolute Gasteiger partial charge is 0.338 e. The Labute approximate surface area is 151 Å². The number of carbonyl (C=O) groups is 1. The van der Waals surface area contributed by atoms with Crippen molar-refractivity contribution in [1.29, 1.82) is 0 Å². The molecule has 128 valence electrons. The van der Waals surface area contributed by atoms with E-state index in [1.807, 2.05) is 30.3 Å². The van der Waals surface area contributed by atoms with Crippen molar-refractivity contribution in [1.82, 2.24) is 4.98 Å². The summed E-state index contributed by atoms with van der Waals surface area (Å²) in [5.74, 6) is 0.618. The van der Waals surface area contributed by atoms with Crippen molar-refractivity contribution in [2.24, 2.45) is 0 Å². The first-order chi connectivity index (χ1) is 12.2. The third-order valence-corrected chi connectivity index (χ3v) is 4.67. The molecule has 25 heavy (non-hydrogen) atoms. The van der Waals surface area contributed by atoms with Crippen LogP contribution in [0.2, 0.25) is 0 Å². The number of rotatable bonds is 6. The highest BCUT2D eigenvalue weighted by molar-refractivity contribution is 7.13.